The van der Waals surface area contributed by atoms with Crippen molar-refractivity contribution < 1.29 is 14.7 Å². The summed E-state index contributed by atoms with van der Waals surface area (Å²) in [5, 5.41) is 11.6. The number of benzene rings is 1. The van der Waals surface area contributed by atoms with Gasteiger partial charge in [0.15, 0.2) is 6.04 Å². The zero-order valence-electron chi connectivity index (χ0n) is 10.3. The number of nitrogens with two attached hydrogens (primary N) is 1. The molecule has 0 aliphatic rings. The van der Waals surface area contributed by atoms with Crippen LogP contribution in [0.25, 0.3) is 0 Å². The molecule has 5 heteroatoms. The second-order valence-electron chi connectivity index (χ2n) is 4.09. The van der Waals surface area contributed by atoms with Crippen LogP contribution < -0.4 is 11.1 Å². The summed E-state index contributed by atoms with van der Waals surface area (Å²) in [5.74, 6) is -1.54. The highest BCUT2D eigenvalue weighted by molar-refractivity contribution is 5.87. The quantitative estimate of drug-likeness (QED) is 0.703. The monoisotopic (exact) mass is 250 g/mol. The van der Waals surface area contributed by atoms with Crippen LogP contribution in [0.3, 0.4) is 0 Å². The Morgan fingerprint density at radius 1 is 1.33 bits per heavy atom. The third kappa shape index (κ3) is 3.85. The molecule has 0 heterocycles. The number of hydrogen-bond acceptors (Lipinski definition) is 3. The maximum atomic E-state index is 11.7. The molecule has 0 saturated heterocycles. The molecule has 0 radical (unpaired) electrons. The van der Waals surface area contributed by atoms with Crippen molar-refractivity contribution in [3.05, 3.63) is 35.9 Å². The smallest absolute Gasteiger partial charge is 0.330 e. The highest BCUT2D eigenvalue weighted by atomic mass is 16.4. The van der Waals surface area contributed by atoms with E-state index in [2.05, 4.69) is 5.32 Å². The second kappa shape index (κ2) is 6.76. The van der Waals surface area contributed by atoms with Gasteiger partial charge in [0.05, 0.1) is 6.04 Å². The lowest BCUT2D eigenvalue weighted by Crippen LogP contribution is -2.44. The highest BCUT2D eigenvalue weighted by Gasteiger charge is 2.24. The van der Waals surface area contributed by atoms with E-state index in [0.717, 1.165) is 6.42 Å². The fraction of sp³-hybridized carbons (Fsp3) is 0.385. The maximum Gasteiger partial charge on any atom is 0.330 e. The van der Waals surface area contributed by atoms with Crippen molar-refractivity contribution >= 4 is 11.9 Å². The van der Waals surface area contributed by atoms with Gasteiger partial charge in [-0.25, -0.2) is 4.79 Å². The van der Waals surface area contributed by atoms with E-state index in [1.165, 1.54) is 0 Å². The van der Waals surface area contributed by atoms with Crippen molar-refractivity contribution in [1.82, 2.24) is 5.32 Å². The largest absolute Gasteiger partial charge is 0.479 e. The summed E-state index contributed by atoms with van der Waals surface area (Å²) in [6, 6.07) is 6.83. The van der Waals surface area contributed by atoms with Crippen LogP contribution in [0.1, 0.15) is 31.4 Å². The van der Waals surface area contributed by atoms with Gasteiger partial charge in [0.1, 0.15) is 0 Å². The molecule has 1 rings (SSSR count). The first kappa shape index (κ1) is 14.2. The average molecular weight is 250 g/mol. The number of hydrogen-bond donors (Lipinski definition) is 3. The van der Waals surface area contributed by atoms with Gasteiger partial charge in [0, 0.05) is 0 Å². The van der Waals surface area contributed by atoms with Gasteiger partial charge >= 0.3 is 5.97 Å². The van der Waals surface area contributed by atoms with Crippen LogP contribution in [0.15, 0.2) is 30.3 Å². The van der Waals surface area contributed by atoms with Crippen molar-refractivity contribution in [2.45, 2.75) is 31.8 Å². The fourth-order valence-corrected chi connectivity index (χ4v) is 1.62. The Morgan fingerprint density at radius 3 is 2.44 bits per heavy atom. The third-order valence-electron chi connectivity index (χ3n) is 2.60. The number of nitrogens with one attached hydrogen (secondary N) is 1. The van der Waals surface area contributed by atoms with Gasteiger partial charge < -0.3 is 16.2 Å². The minimum absolute atomic E-state index is 0.437. The predicted molar refractivity (Wildman–Crippen MR) is 67.8 cm³/mol. The van der Waals surface area contributed by atoms with E-state index in [9.17, 15) is 9.59 Å². The molecule has 1 amide bonds. The van der Waals surface area contributed by atoms with E-state index in [1.807, 2.05) is 6.92 Å². The van der Waals surface area contributed by atoms with Gasteiger partial charge in [-0.15, -0.1) is 0 Å². The Hall–Kier alpha value is -1.88. The van der Waals surface area contributed by atoms with E-state index in [0.29, 0.717) is 12.0 Å². The summed E-state index contributed by atoms with van der Waals surface area (Å²) in [6.07, 6.45) is 1.31. The first-order valence-electron chi connectivity index (χ1n) is 5.90. The summed E-state index contributed by atoms with van der Waals surface area (Å²) < 4.78 is 0. The molecule has 0 spiro atoms. The Bertz CT molecular complexity index is 406. The van der Waals surface area contributed by atoms with Crippen LogP contribution in [-0.4, -0.2) is 23.0 Å². The summed E-state index contributed by atoms with van der Waals surface area (Å²) in [4.78, 5) is 22.9. The standard InChI is InChI=1S/C13H18N2O3/c1-2-6-10(14)12(16)15-11(13(17)18)9-7-4-3-5-8-9/h3-5,7-8,10-11H,2,6,14H2,1H3,(H,15,16)(H,17,18)/t10-,11?/m0/s1. The van der Waals surface area contributed by atoms with Crippen LogP contribution >= 0.6 is 0 Å². The molecule has 1 aromatic carbocycles. The van der Waals surface area contributed by atoms with Crippen LogP contribution in [0, 0.1) is 0 Å². The number of carboxylic acids is 1. The lowest BCUT2D eigenvalue weighted by atomic mass is 10.1. The van der Waals surface area contributed by atoms with Crippen molar-refractivity contribution in [2.75, 3.05) is 0 Å². The predicted octanol–water partition coefficient (Wildman–Crippen LogP) is 1.06. The first-order valence-corrected chi connectivity index (χ1v) is 5.90. The molecule has 2 atom stereocenters. The zero-order valence-corrected chi connectivity index (χ0v) is 10.3. The number of carbonyl (C=O) groups excluding carboxylic acids is 1. The molecule has 4 N–H and O–H groups in total. The zero-order chi connectivity index (χ0) is 13.5. The van der Waals surface area contributed by atoms with Crippen molar-refractivity contribution in [3.8, 4) is 0 Å². The topological polar surface area (TPSA) is 92.4 Å². The highest BCUT2D eigenvalue weighted by Crippen LogP contribution is 2.13. The lowest BCUT2D eigenvalue weighted by molar-refractivity contribution is -0.142. The van der Waals surface area contributed by atoms with E-state index in [4.69, 9.17) is 10.8 Å². The van der Waals surface area contributed by atoms with E-state index in [1.54, 1.807) is 30.3 Å². The molecule has 0 aromatic heterocycles. The Kier molecular flexibility index (Phi) is 5.32. The molecule has 1 aromatic rings. The summed E-state index contributed by atoms with van der Waals surface area (Å²) in [7, 11) is 0. The second-order valence-corrected chi connectivity index (χ2v) is 4.09. The number of carbonyl (C=O) groups is 2. The van der Waals surface area contributed by atoms with Gasteiger partial charge in [-0.05, 0) is 12.0 Å². The first-order chi connectivity index (χ1) is 8.56. The normalized spacial score (nSPS) is 13.7. The minimum Gasteiger partial charge on any atom is -0.479 e. The number of amides is 1. The molecule has 5 nitrogen and oxygen atoms in total. The SMILES string of the molecule is CCC[C@H](N)C(=O)NC(C(=O)O)c1ccccc1. The fourth-order valence-electron chi connectivity index (χ4n) is 1.62. The Balaban J connectivity index is 2.76. The number of aliphatic carboxylic acids is 1. The van der Waals surface area contributed by atoms with Crippen LogP contribution in [0.2, 0.25) is 0 Å². The molecule has 98 valence electrons. The van der Waals surface area contributed by atoms with Crippen LogP contribution in [0.4, 0.5) is 0 Å². The Labute approximate surface area is 106 Å². The molecular formula is C13H18N2O3. The molecule has 0 saturated carbocycles. The third-order valence-corrected chi connectivity index (χ3v) is 2.60. The minimum atomic E-state index is -1.10. The molecule has 0 bridgehead atoms. The van der Waals surface area contributed by atoms with E-state index in [-0.39, 0.29) is 0 Å². The summed E-state index contributed by atoms with van der Waals surface area (Å²) in [6.45, 7) is 1.92. The van der Waals surface area contributed by atoms with Gasteiger partial charge in [-0.3, -0.25) is 4.79 Å². The van der Waals surface area contributed by atoms with Gasteiger partial charge in [-0.1, -0.05) is 43.7 Å². The number of carboxylic acid groups (broad SMARTS) is 1. The maximum absolute atomic E-state index is 11.7. The lowest BCUT2D eigenvalue weighted by Gasteiger charge is -2.17. The van der Waals surface area contributed by atoms with Gasteiger partial charge in [0.2, 0.25) is 5.91 Å². The molecule has 0 aliphatic heterocycles. The molecule has 0 fully saturated rings. The number of rotatable bonds is 6. The average Bonchev–Trinajstić information content (AvgIpc) is 2.36. The molecular weight excluding hydrogens is 232 g/mol. The molecule has 1 unspecified atom stereocenters. The molecule has 0 aliphatic carbocycles. The van der Waals surface area contributed by atoms with Crippen LogP contribution in [0.5, 0.6) is 0 Å². The van der Waals surface area contributed by atoms with Gasteiger partial charge in [-0.2, -0.15) is 0 Å². The van der Waals surface area contributed by atoms with Crippen molar-refractivity contribution in [2.24, 2.45) is 5.73 Å². The molecule has 18 heavy (non-hydrogen) atoms. The van der Waals surface area contributed by atoms with Crippen molar-refractivity contribution in [3.63, 3.8) is 0 Å². The van der Waals surface area contributed by atoms with Crippen LogP contribution in [-0.2, 0) is 9.59 Å². The van der Waals surface area contributed by atoms with Crippen molar-refractivity contribution in [1.29, 1.82) is 0 Å². The summed E-state index contributed by atoms with van der Waals surface area (Å²) in [5.41, 5.74) is 6.18. The summed E-state index contributed by atoms with van der Waals surface area (Å²) >= 11 is 0. The van der Waals surface area contributed by atoms with E-state index >= 15 is 0 Å². The Morgan fingerprint density at radius 2 is 1.94 bits per heavy atom. The van der Waals surface area contributed by atoms with E-state index < -0.39 is 24.0 Å². The van der Waals surface area contributed by atoms with Gasteiger partial charge in [0.25, 0.3) is 0 Å².